The quantitative estimate of drug-likeness (QED) is 0.642. The maximum atomic E-state index is 11.4. The van der Waals surface area contributed by atoms with Gasteiger partial charge in [0.15, 0.2) is 0 Å². The summed E-state index contributed by atoms with van der Waals surface area (Å²) in [5.41, 5.74) is 0. The Labute approximate surface area is 89.7 Å². The van der Waals surface area contributed by atoms with E-state index >= 15 is 0 Å². The van der Waals surface area contributed by atoms with Gasteiger partial charge in [0.2, 0.25) is 10.0 Å². The van der Waals surface area contributed by atoms with Gasteiger partial charge in [-0.05, 0) is 20.3 Å². The van der Waals surface area contributed by atoms with Crippen LogP contribution >= 0.6 is 0 Å². The summed E-state index contributed by atoms with van der Waals surface area (Å²) in [5.74, 6) is -1.20. The lowest BCUT2D eigenvalue weighted by Crippen LogP contribution is -2.44. The topological polar surface area (TPSA) is 92.7 Å². The number of methoxy groups -OCH3 is 1. The van der Waals surface area contributed by atoms with Crippen LogP contribution in [0.3, 0.4) is 0 Å². The van der Waals surface area contributed by atoms with Crippen molar-refractivity contribution in [1.29, 1.82) is 0 Å². The molecule has 0 aromatic carbocycles. The van der Waals surface area contributed by atoms with Crippen molar-refractivity contribution in [1.82, 2.24) is 4.72 Å². The van der Waals surface area contributed by atoms with Gasteiger partial charge >= 0.3 is 5.97 Å². The summed E-state index contributed by atoms with van der Waals surface area (Å²) in [7, 11) is -2.13. The van der Waals surface area contributed by atoms with Gasteiger partial charge in [-0.25, -0.2) is 13.1 Å². The Kier molecular flexibility index (Phi) is 5.77. The molecule has 0 radical (unpaired) electrons. The van der Waals surface area contributed by atoms with Gasteiger partial charge in [0.1, 0.15) is 6.04 Å². The van der Waals surface area contributed by atoms with Gasteiger partial charge in [0, 0.05) is 13.7 Å². The first-order valence-corrected chi connectivity index (χ1v) is 6.08. The van der Waals surface area contributed by atoms with E-state index in [1.807, 2.05) is 0 Å². The van der Waals surface area contributed by atoms with E-state index in [1.165, 1.54) is 21.0 Å². The molecule has 0 rings (SSSR count). The summed E-state index contributed by atoms with van der Waals surface area (Å²) in [5, 5.41) is 8.11. The Morgan fingerprint density at radius 1 is 1.47 bits per heavy atom. The Morgan fingerprint density at radius 3 is 2.33 bits per heavy atom. The highest BCUT2D eigenvalue weighted by Gasteiger charge is 2.25. The Hall–Kier alpha value is -0.660. The molecular formula is C8H17NO5S. The van der Waals surface area contributed by atoms with Crippen molar-refractivity contribution in [2.24, 2.45) is 0 Å². The molecule has 0 aliphatic carbocycles. The number of ether oxygens (including phenoxy) is 1. The molecule has 0 spiro atoms. The van der Waals surface area contributed by atoms with Gasteiger partial charge in [0.05, 0.1) is 5.25 Å². The van der Waals surface area contributed by atoms with E-state index in [4.69, 9.17) is 9.84 Å². The zero-order chi connectivity index (χ0) is 12.1. The number of aliphatic carboxylic acids is 1. The predicted octanol–water partition coefficient (Wildman–Crippen LogP) is -0.196. The molecule has 7 heteroatoms. The second-order valence-corrected chi connectivity index (χ2v) is 5.65. The minimum absolute atomic E-state index is 0.109. The first-order valence-electron chi connectivity index (χ1n) is 4.54. The highest BCUT2D eigenvalue weighted by atomic mass is 32.2. The smallest absolute Gasteiger partial charge is 0.321 e. The van der Waals surface area contributed by atoms with Crippen molar-refractivity contribution in [2.45, 2.75) is 31.6 Å². The fourth-order valence-corrected chi connectivity index (χ4v) is 1.69. The summed E-state index contributed by atoms with van der Waals surface area (Å²) in [6.45, 7) is 3.16. The number of sulfonamides is 1. The Balaban J connectivity index is 4.48. The van der Waals surface area contributed by atoms with Crippen molar-refractivity contribution in [3.63, 3.8) is 0 Å². The van der Waals surface area contributed by atoms with Gasteiger partial charge in [0.25, 0.3) is 0 Å². The number of carboxylic acid groups (broad SMARTS) is 1. The molecule has 1 unspecified atom stereocenters. The minimum atomic E-state index is -3.56. The van der Waals surface area contributed by atoms with Gasteiger partial charge in [-0.2, -0.15) is 0 Å². The lowest BCUT2D eigenvalue weighted by atomic mass is 10.2. The predicted molar refractivity (Wildman–Crippen MR) is 55.1 cm³/mol. The van der Waals surface area contributed by atoms with Crippen LogP contribution in [0.1, 0.15) is 20.3 Å². The maximum absolute atomic E-state index is 11.4. The molecule has 0 aromatic rings. The summed E-state index contributed by atoms with van der Waals surface area (Å²) in [4.78, 5) is 10.7. The molecule has 0 saturated carbocycles. The van der Waals surface area contributed by atoms with Gasteiger partial charge in [-0.1, -0.05) is 0 Å². The number of hydrogen-bond donors (Lipinski definition) is 2. The maximum Gasteiger partial charge on any atom is 0.321 e. The fourth-order valence-electron chi connectivity index (χ4n) is 0.803. The van der Waals surface area contributed by atoms with Crippen LogP contribution in [0.2, 0.25) is 0 Å². The number of nitrogens with one attached hydrogen (secondary N) is 1. The molecule has 0 heterocycles. The Morgan fingerprint density at radius 2 is 2.00 bits per heavy atom. The molecule has 0 aliphatic rings. The molecule has 90 valence electrons. The summed E-state index contributed by atoms with van der Waals surface area (Å²) in [6, 6.07) is -1.13. The molecule has 0 fully saturated rings. The molecule has 2 N–H and O–H groups in total. The molecule has 1 atom stereocenters. The normalized spacial score (nSPS) is 14.1. The summed E-state index contributed by atoms with van der Waals surface area (Å²) >= 11 is 0. The zero-order valence-corrected chi connectivity index (χ0v) is 9.87. The third-order valence-corrected chi connectivity index (χ3v) is 3.69. The molecule has 0 bridgehead atoms. The van der Waals surface area contributed by atoms with Crippen molar-refractivity contribution < 1.29 is 23.1 Å². The van der Waals surface area contributed by atoms with Crippen molar-refractivity contribution in [2.75, 3.05) is 13.7 Å². The van der Waals surface area contributed by atoms with Gasteiger partial charge < -0.3 is 9.84 Å². The van der Waals surface area contributed by atoms with Crippen LogP contribution in [-0.4, -0.2) is 44.5 Å². The van der Waals surface area contributed by atoms with Crippen LogP contribution in [0.4, 0.5) is 0 Å². The summed E-state index contributed by atoms with van der Waals surface area (Å²) < 4.78 is 29.6. The minimum Gasteiger partial charge on any atom is -0.480 e. The van der Waals surface area contributed by atoms with E-state index in [2.05, 4.69) is 4.72 Å². The average Bonchev–Trinajstić information content (AvgIpc) is 2.11. The fraction of sp³-hybridized carbons (Fsp3) is 0.875. The largest absolute Gasteiger partial charge is 0.480 e. The first kappa shape index (κ1) is 14.3. The Bertz CT molecular complexity index is 298. The van der Waals surface area contributed by atoms with E-state index in [0.717, 1.165) is 0 Å². The van der Waals surface area contributed by atoms with E-state index < -0.39 is 27.3 Å². The van der Waals surface area contributed by atoms with Crippen LogP contribution in [0, 0.1) is 0 Å². The molecule has 0 aliphatic heterocycles. The van der Waals surface area contributed by atoms with Crippen molar-refractivity contribution in [3.8, 4) is 0 Å². The van der Waals surface area contributed by atoms with E-state index in [0.29, 0.717) is 0 Å². The van der Waals surface area contributed by atoms with Crippen LogP contribution in [0.15, 0.2) is 0 Å². The number of rotatable bonds is 7. The van der Waals surface area contributed by atoms with E-state index in [9.17, 15) is 13.2 Å². The van der Waals surface area contributed by atoms with Crippen LogP contribution in [-0.2, 0) is 19.6 Å². The molecule has 0 amide bonds. The molecule has 6 nitrogen and oxygen atoms in total. The molecule has 0 aromatic heterocycles. The monoisotopic (exact) mass is 239 g/mol. The second kappa shape index (κ2) is 6.04. The lowest BCUT2D eigenvalue weighted by molar-refractivity contribution is -0.139. The van der Waals surface area contributed by atoms with Crippen LogP contribution < -0.4 is 4.72 Å². The highest BCUT2D eigenvalue weighted by molar-refractivity contribution is 7.90. The molecule has 15 heavy (non-hydrogen) atoms. The zero-order valence-electron chi connectivity index (χ0n) is 9.06. The molecular weight excluding hydrogens is 222 g/mol. The SMILES string of the molecule is COCCC(NS(=O)(=O)C(C)C)C(=O)O. The van der Waals surface area contributed by atoms with E-state index in [1.54, 1.807) is 0 Å². The third kappa shape index (κ3) is 5.10. The van der Waals surface area contributed by atoms with Gasteiger partial charge in [-0.15, -0.1) is 0 Å². The van der Waals surface area contributed by atoms with Crippen molar-refractivity contribution >= 4 is 16.0 Å². The number of hydrogen-bond acceptors (Lipinski definition) is 4. The second-order valence-electron chi connectivity index (χ2n) is 3.38. The average molecular weight is 239 g/mol. The highest BCUT2D eigenvalue weighted by Crippen LogP contribution is 2.01. The molecule has 0 saturated heterocycles. The van der Waals surface area contributed by atoms with Gasteiger partial charge in [-0.3, -0.25) is 4.79 Å². The number of carboxylic acids is 1. The summed E-state index contributed by atoms with van der Waals surface area (Å²) in [6.07, 6.45) is 0.109. The van der Waals surface area contributed by atoms with Crippen molar-refractivity contribution in [3.05, 3.63) is 0 Å². The van der Waals surface area contributed by atoms with Crippen LogP contribution in [0.25, 0.3) is 0 Å². The van der Waals surface area contributed by atoms with Crippen LogP contribution in [0.5, 0.6) is 0 Å². The third-order valence-electron chi connectivity index (χ3n) is 1.84. The standard InChI is InChI=1S/C8H17NO5S/c1-6(2)15(12,13)9-7(8(10)11)4-5-14-3/h6-7,9H,4-5H2,1-3H3,(H,10,11). The first-order chi connectivity index (χ1) is 6.81. The number of carbonyl (C=O) groups is 1. The van der Waals surface area contributed by atoms with E-state index in [-0.39, 0.29) is 13.0 Å². The lowest BCUT2D eigenvalue weighted by Gasteiger charge is -2.16.